The summed E-state index contributed by atoms with van der Waals surface area (Å²) in [5.41, 5.74) is 1.74. The van der Waals surface area contributed by atoms with Crippen LogP contribution in [0.3, 0.4) is 0 Å². The summed E-state index contributed by atoms with van der Waals surface area (Å²) >= 11 is 0. The van der Waals surface area contributed by atoms with E-state index in [-0.39, 0.29) is 18.9 Å². The molecule has 0 aliphatic carbocycles. The molecule has 0 bridgehead atoms. The Bertz CT molecular complexity index is 612. The maximum absolute atomic E-state index is 12.0. The summed E-state index contributed by atoms with van der Waals surface area (Å²) in [6.45, 7) is 3.69. The van der Waals surface area contributed by atoms with Crippen LogP contribution in [0, 0.1) is 0 Å². The van der Waals surface area contributed by atoms with Crippen LogP contribution in [0.2, 0.25) is 0 Å². The first-order chi connectivity index (χ1) is 11.2. The third-order valence-corrected chi connectivity index (χ3v) is 4.87. The van der Waals surface area contributed by atoms with Crippen LogP contribution in [0.1, 0.15) is 25.3 Å². The molecule has 1 N–H and O–H groups in total. The highest BCUT2D eigenvalue weighted by Gasteiger charge is 2.18. The highest BCUT2D eigenvalue weighted by molar-refractivity contribution is 7.92. The minimum atomic E-state index is -3.42. The average Bonchev–Trinajstić information content (AvgIpc) is 2.51. The number of anilines is 1. The molecule has 0 atom stereocenters. The van der Waals surface area contributed by atoms with E-state index in [9.17, 15) is 13.2 Å². The van der Waals surface area contributed by atoms with Crippen molar-refractivity contribution in [1.29, 1.82) is 0 Å². The highest BCUT2D eigenvalue weighted by Crippen LogP contribution is 2.19. The van der Waals surface area contributed by atoms with E-state index < -0.39 is 10.0 Å². The zero-order valence-electron chi connectivity index (χ0n) is 15.1. The molecule has 0 fully saturated rings. The van der Waals surface area contributed by atoms with Crippen LogP contribution in [-0.2, 0) is 21.2 Å². The molecule has 0 aliphatic heterocycles. The molecule has 24 heavy (non-hydrogen) atoms. The van der Waals surface area contributed by atoms with E-state index in [0.29, 0.717) is 12.2 Å². The zero-order valence-corrected chi connectivity index (χ0v) is 15.9. The Labute approximate surface area is 145 Å². The zero-order chi connectivity index (χ0) is 18.2. The van der Waals surface area contributed by atoms with Gasteiger partial charge in [-0.1, -0.05) is 19.1 Å². The fourth-order valence-electron chi connectivity index (χ4n) is 2.30. The minimum absolute atomic E-state index is 0.132. The maximum Gasteiger partial charge on any atom is 0.232 e. The standard InChI is InChI=1S/C17H29N3O3S/c1-5-15-7-9-16(10-8-15)20(24(4,22)23)14-11-17(21)18-12-6-13-19(2)3/h7-10H,5-6,11-14H2,1-4H3,(H,18,21). The van der Waals surface area contributed by atoms with Gasteiger partial charge in [-0.25, -0.2) is 8.42 Å². The largest absolute Gasteiger partial charge is 0.356 e. The quantitative estimate of drug-likeness (QED) is 0.645. The predicted molar refractivity (Wildman–Crippen MR) is 98.8 cm³/mol. The lowest BCUT2D eigenvalue weighted by molar-refractivity contribution is -0.120. The number of hydrogen-bond donors (Lipinski definition) is 1. The van der Waals surface area contributed by atoms with Gasteiger partial charge in [0.15, 0.2) is 0 Å². The predicted octanol–water partition coefficient (Wildman–Crippen LogP) is 1.47. The summed E-state index contributed by atoms with van der Waals surface area (Å²) in [5.74, 6) is -0.132. The number of nitrogens with one attached hydrogen (secondary N) is 1. The fraction of sp³-hybridized carbons (Fsp3) is 0.588. The van der Waals surface area contributed by atoms with Gasteiger partial charge in [0.2, 0.25) is 15.9 Å². The Morgan fingerprint density at radius 2 is 1.75 bits per heavy atom. The number of benzene rings is 1. The summed E-state index contributed by atoms with van der Waals surface area (Å²) in [6, 6.07) is 7.40. The van der Waals surface area contributed by atoms with Gasteiger partial charge in [0.1, 0.15) is 0 Å². The Morgan fingerprint density at radius 1 is 1.12 bits per heavy atom. The summed E-state index contributed by atoms with van der Waals surface area (Å²) in [6.07, 6.45) is 3.07. The molecule has 7 heteroatoms. The smallest absolute Gasteiger partial charge is 0.232 e. The topological polar surface area (TPSA) is 69.7 Å². The third-order valence-electron chi connectivity index (χ3n) is 3.68. The molecule has 136 valence electrons. The summed E-state index contributed by atoms with van der Waals surface area (Å²) < 4.78 is 25.3. The maximum atomic E-state index is 12.0. The number of carbonyl (C=O) groups is 1. The average molecular weight is 356 g/mol. The Morgan fingerprint density at radius 3 is 2.25 bits per heavy atom. The van der Waals surface area contributed by atoms with E-state index in [1.807, 2.05) is 33.2 Å². The molecule has 1 aromatic carbocycles. The van der Waals surface area contributed by atoms with Crippen molar-refractivity contribution in [1.82, 2.24) is 10.2 Å². The van der Waals surface area contributed by atoms with Crippen LogP contribution in [0.4, 0.5) is 5.69 Å². The first-order valence-corrected chi connectivity index (χ1v) is 10.1. The van der Waals surface area contributed by atoms with Crippen molar-refractivity contribution in [2.24, 2.45) is 0 Å². The highest BCUT2D eigenvalue weighted by atomic mass is 32.2. The van der Waals surface area contributed by atoms with Gasteiger partial charge >= 0.3 is 0 Å². The van der Waals surface area contributed by atoms with E-state index in [2.05, 4.69) is 10.2 Å². The molecule has 0 radical (unpaired) electrons. The molecule has 1 rings (SSSR count). The fourth-order valence-corrected chi connectivity index (χ4v) is 3.23. The monoisotopic (exact) mass is 355 g/mol. The lowest BCUT2D eigenvalue weighted by Crippen LogP contribution is -2.35. The van der Waals surface area contributed by atoms with Crippen molar-refractivity contribution >= 4 is 21.6 Å². The third kappa shape index (κ3) is 7.31. The van der Waals surface area contributed by atoms with Crippen LogP contribution in [0.25, 0.3) is 0 Å². The van der Waals surface area contributed by atoms with Gasteiger partial charge in [0.25, 0.3) is 0 Å². The van der Waals surface area contributed by atoms with Crippen LogP contribution >= 0.6 is 0 Å². The molecule has 0 unspecified atom stereocenters. The lowest BCUT2D eigenvalue weighted by atomic mass is 10.1. The number of amides is 1. The second kappa shape index (κ2) is 9.64. The Kier molecular flexibility index (Phi) is 8.21. The van der Waals surface area contributed by atoms with Gasteiger partial charge < -0.3 is 10.2 Å². The molecular weight excluding hydrogens is 326 g/mol. The first kappa shape index (κ1) is 20.4. The van der Waals surface area contributed by atoms with E-state index in [1.54, 1.807) is 12.1 Å². The van der Waals surface area contributed by atoms with Crippen molar-refractivity contribution < 1.29 is 13.2 Å². The van der Waals surface area contributed by atoms with Gasteiger partial charge in [-0.3, -0.25) is 9.10 Å². The van der Waals surface area contributed by atoms with Gasteiger partial charge in [0, 0.05) is 19.5 Å². The van der Waals surface area contributed by atoms with Crippen molar-refractivity contribution in [3.05, 3.63) is 29.8 Å². The van der Waals surface area contributed by atoms with Crippen molar-refractivity contribution in [3.8, 4) is 0 Å². The molecule has 0 aromatic heterocycles. The first-order valence-electron chi connectivity index (χ1n) is 8.22. The molecule has 6 nitrogen and oxygen atoms in total. The number of nitrogens with zero attached hydrogens (tertiary/aromatic N) is 2. The summed E-state index contributed by atoms with van der Waals surface area (Å²) in [7, 11) is 0.541. The van der Waals surface area contributed by atoms with Crippen LogP contribution in [0.5, 0.6) is 0 Å². The minimum Gasteiger partial charge on any atom is -0.356 e. The van der Waals surface area contributed by atoms with Gasteiger partial charge in [-0.15, -0.1) is 0 Å². The van der Waals surface area contributed by atoms with E-state index in [1.165, 1.54) is 4.31 Å². The van der Waals surface area contributed by atoms with Crippen LogP contribution < -0.4 is 9.62 Å². The Hall–Kier alpha value is -1.60. The number of rotatable bonds is 10. The van der Waals surface area contributed by atoms with Gasteiger partial charge in [0.05, 0.1) is 11.9 Å². The number of sulfonamides is 1. The van der Waals surface area contributed by atoms with Crippen LogP contribution in [0.15, 0.2) is 24.3 Å². The molecule has 0 aliphatic rings. The van der Waals surface area contributed by atoms with Gasteiger partial charge in [-0.05, 0) is 51.2 Å². The lowest BCUT2D eigenvalue weighted by Gasteiger charge is -2.22. The Balaban J connectivity index is 2.59. The molecule has 0 spiro atoms. The van der Waals surface area contributed by atoms with Crippen molar-refractivity contribution in [2.45, 2.75) is 26.2 Å². The number of carbonyl (C=O) groups excluding carboxylic acids is 1. The second-order valence-electron chi connectivity index (χ2n) is 6.11. The molecule has 0 saturated carbocycles. The van der Waals surface area contributed by atoms with Crippen LogP contribution in [-0.4, -0.2) is 59.2 Å². The van der Waals surface area contributed by atoms with E-state index in [4.69, 9.17) is 0 Å². The molecule has 1 aromatic rings. The molecular formula is C17H29N3O3S. The van der Waals surface area contributed by atoms with Crippen molar-refractivity contribution in [3.63, 3.8) is 0 Å². The van der Waals surface area contributed by atoms with E-state index in [0.717, 1.165) is 31.2 Å². The number of hydrogen-bond acceptors (Lipinski definition) is 4. The SMILES string of the molecule is CCc1ccc(N(CCC(=O)NCCCN(C)C)S(C)(=O)=O)cc1. The molecule has 0 saturated heterocycles. The molecule has 0 heterocycles. The second-order valence-corrected chi connectivity index (χ2v) is 8.02. The normalized spacial score (nSPS) is 11.5. The van der Waals surface area contributed by atoms with Gasteiger partial charge in [-0.2, -0.15) is 0 Å². The summed E-state index contributed by atoms with van der Waals surface area (Å²) in [5, 5.41) is 2.83. The van der Waals surface area contributed by atoms with Crippen molar-refractivity contribution in [2.75, 3.05) is 44.3 Å². The summed E-state index contributed by atoms with van der Waals surface area (Å²) in [4.78, 5) is 14.0. The molecule has 1 amide bonds. The van der Waals surface area contributed by atoms with E-state index >= 15 is 0 Å². The number of aryl methyl sites for hydroxylation is 1.